The van der Waals surface area contributed by atoms with E-state index in [0.29, 0.717) is 17.4 Å². The standard InChI is InChI=1S/C15H21BrO/c1-11(2)10-17-14-7-5-13(6-8-14)9-15(16)12(3)4/h5-8,12,15H,1,9-10H2,2-4H3. The summed E-state index contributed by atoms with van der Waals surface area (Å²) in [6.07, 6.45) is 1.05. The normalized spacial score (nSPS) is 12.5. The predicted molar refractivity (Wildman–Crippen MR) is 78.0 cm³/mol. The maximum absolute atomic E-state index is 5.56. The van der Waals surface area contributed by atoms with Crippen LogP contribution < -0.4 is 4.74 Å². The third kappa shape index (κ3) is 5.40. The van der Waals surface area contributed by atoms with E-state index in [0.717, 1.165) is 17.7 Å². The minimum Gasteiger partial charge on any atom is -0.489 e. The van der Waals surface area contributed by atoms with E-state index < -0.39 is 0 Å². The Balaban J connectivity index is 2.53. The third-order valence-corrected chi connectivity index (χ3v) is 3.94. The van der Waals surface area contributed by atoms with E-state index in [-0.39, 0.29) is 0 Å². The summed E-state index contributed by atoms with van der Waals surface area (Å²) in [6.45, 7) is 10.8. The van der Waals surface area contributed by atoms with Gasteiger partial charge in [-0.25, -0.2) is 0 Å². The van der Waals surface area contributed by atoms with Crippen molar-refractivity contribution in [1.29, 1.82) is 0 Å². The van der Waals surface area contributed by atoms with Crippen LogP contribution in [0.3, 0.4) is 0 Å². The summed E-state index contributed by atoms with van der Waals surface area (Å²) in [5.41, 5.74) is 2.37. The zero-order chi connectivity index (χ0) is 12.8. The molecule has 1 nitrogen and oxygen atoms in total. The first-order valence-electron chi connectivity index (χ1n) is 5.99. The molecule has 0 saturated carbocycles. The van der Waals surface area contributed by atoms with E-state index >= 15 is 0 Å². The van der Waals surface area contributed by atoms with Crippen LogP contribution >= 0.6 is 15.9 Å². The van der Waals surface area contributed by atoms with Crippen LogP contribution in [0.5, 0.6) is 5.75 Å². The SMILES string of the molecule is C=C(C)COc1ccc(CC(Br)C(C)C)cc1. The van der Waals surface area contributed by atoms with E-state index in [4.69, 9.17) is 4.74 Å². The van der Waals surface area contributed by atoms with Crippen molar-refractivity contribution in [3.8, 4) is 5.75 Å². The second-order valence-electron chi connectivity index (χ2n) is 4.85. The molecule has 0 aliphatic carbocycles. The molecule has 94 valence electrons. The van der Waals surface area contributed by atoms with Gasteiger partial charge in [0.15, 0.2) is 0 Å². The van der Waals surface area contributed by atoms with Crippen LogP contribution in [0.2, 0.25) is 0 Å². The van der Waals surface area contributed by atoms with E-state index in [1.807, 2.05) is 19.1 Å². The molecule has 17 heavy (non-hydrogen) atoms. The van der Waals surface area contributed by atoms with Crippen molar-refractivity contribution < 1.29 is 4.74 Å². The van der Waals surface area contributed by atoms with Crippen molar-refractivity contribution in [2.24, 2.45) is 5.92 Å². The number of benzene rings is 1. The lowest BCUT2D eigenvalue weighted by molar-refractivity contribution is 0.352. The molecule has 0 aliphatic rings. The molecular formula is C15H21BrO. The van der Waals surface area contributed by atoms with Gasteiger partial charge in [0, 0.05) is 4.83 Å². The monoisotopic (exact) mass is 296 g/mol. The third-order valence-electron chi connectivity index (χ3n) is 2.56. The number of hydrogen-bond acceptors (Lipinski definition) is 1. The van der Waals surface area contributed by atoms with Gasteiger partial charge in [-0.15, -0.1) is 0 Å². The van der Waals surface area contributed by atoms with Crippen LogP contribution in [0.15, 0.2) is 36.4 Å². The van der Waals surface area contributed by atoms with Gasteiger partial charge < -0.3 is 4.74 Å². The molecule has 0 fully saturated rings. The summed E-state index contributed by atoms with van der Waals surface area (Å²) in [4.78, 5) is 0.532. The Morgan fingerprint density at radius 3 is 2.35 bits per heavy atom. The average Bonchev–Trinajstić information content (AvgIpc) is 2.28. The highest BCUT2D eigenvalue weighted by Crippen LogP contribution is 2.20. The topological polar surface area (TPSA) is 9.23 Å². The lowest BCUT2D eigenvalue weighted by atomic mass is 10.0. The van der Waals surface area contributed by atoms with Crippen LogP contribution in [0.25, 0.3) is 0 Å². The van der Waals surface area contributed by atoms with Gasteiger partial charge in [0.25, 0.3) is 0 Å². The maximum atomic E-state index is 5.56. The molecule has 2 heteroatoms. The molecule has 0 heterocycles. The summed E-state index contributed by atoms with van der Waals surface area (Å²) in [6, 6.07) is 8.31. The van der Waals surface area contributed by atoms with Gasteiger partial charge in [0.05, 0.1) is 0 Å². The number of halogens is 1. The van der Waals surface area contributed by atoms with Crippen molar-refractivity contribution in [2.45, 2.75) is 32.0 Å². The highest BCUT2D eigenvalue weighted by molar-refractivity contribution is 9.09. The molecule has 1 aromatic rings. The highest BCUT2D eigenvalue weighted by Gasteiger charge is 2.09. The molecule has 0 bridgehead atoms. The van der Waals surface area contributed by atoms with Crippen LogP contribution in [0.1, 0.15) is 26.3 Å². The van der Waals surface area contributed by atoms with Crippen LogP contribution in [0, 0.1) is 5.92 Å². The van der Waals surface area contributed by atoms with Crippen molar-refractivity contribution in [3.63, 3.8) is 0 Å². The molecule has 0 amide bonds. The fourth-order valence-corrected chi connectivity index (χ4v) is 1.76. The molecule has 1 atom stereocenters. The summed E-state index contributed by atoms with van der Waals surface area (Å²) < 4.78 is 5.56. The molecule has 1 unspecified atom stereocenters. The summed E-state index contributed by atoms with van der Waals surface area (Å²) in [5.74, 6) is 1.56. The van der Waals surface area contributed by atoms with Gasteiger partial charge in [-0.1, -0.05) is 48.5 Å². The first-order valence-corrected chi connectivity index (χ1v) is 6.91. The Hall–Kier alpha value is -0.760. The van der Waals surface area contributed by atoms with Crippen LogP contribution in [-0.4, -0.2) is 11.4 Å². The Bertz CT molecular complexity index is 354. The first-order chi connectivity index (χ1) is 7.99. The molecule has 1 rings (SSSR count). The highest BCUT2D eigenvalue weighted by atomic mass is 79.9. The van der Waals surface area contributed by atoms with Crippen molar-refractivity contribution in [1.82, 2.24) is 0 Å². The Kier molecular flexibility index (Phi) is 5.76. The van der Waals surface area contributed by atoms with Crippen molar-refractivity contribution in [3.05, 3.63) is 42.0 Å². The maximum Gasteiger partial charge on any atom is 0.119 e. The largest absolute Gasteiger partial charge is 0.489 e. The molecule has 0 spiro atoms. The number of ether oxygens (including phenoxy) is 1. The summed E-state index contributed by atoms with van der Waals surface area (Å²) in [7, 11) is 0. The molecule has 0 aromatic heterocycles. The molecule has 0 N–H and O–H groups in total. The Morgan fingerprint density at radius 2 is 1.88 bits per heavy atom. The smallest absolute Gasteiger partial charge is 0.119 e. The van der Waals surface area contributed by atoms with E-state index in [1.54, 1.807) is 0 Å². The van der Waals surface area contributed by atoms with E-state index in [2.05, 4.69) is 48.5 Å². The number of rotatable bonds is 6. The van der Waals surface area contributed by atoms with E-state index in [9.17, 15) is 0 Å². The van der Waals surface area contributed by atoms with Gasteiger partial charge in [0.1, 0.15) is 12.4 Å². The molecule has 0 aliphatic heterocycles. The summed E-state index contributed by atoms with van der Waals surface area (Å²) >= 11 is 3.70. The molecular weight excluding hydrogens is 276 g/mol. The molecule has 0 saturated heterocycles. The second kappa shape index (κ2) is 6.85. The quantitative estimate of drug-likeness (QED) is 0.550. The number of hydrogen-bond donors (Lipinski definition) is 0. The van der Waals surface area contributed by atoms with Gasteiger partial charge in [-0.3, -0.25) is 0 Å². The number of alkyl halides is 1. The second-order valence-corrected chi connectivity index (χ2v) is 6.03. The fraction of sp³-hybridized carbons (Fsp3) is 0.467. The Morgan fingerprint density at radius 1 is 1.29 bits per heavy atom. The van der Waals surface area contributed by atoms with Crippen LogP contribution in [-0.2, 0) is 6.42 Å². The Labute approximate surface area is 113 Å². The fourth-order valence-electron chi connectivity index (χ4n) is 1.39. The van der Waals surface area contributed by atoms with Crippen LogP contribution in [0.4, 0.5) is 0 Å². The lowest BCUT2D eigenvalue weighted by Gasteiger charge is -2.14. The first kappa shape index (κ1) is 14.3. The minimum absolute atomic E-state index is 0.532. The van der Waals surface area contributed by atoms with Gasteiger partial charge in [-0.2, -0.15) is 0 Å². The van der Waals surface area contributed by atoms with Crippen molar-refractivity contribution in [2.75, 3.05) is 6.61 Å². The van der Waals surface area contributed by atoms with E-state index in [1.165, 1.54) is 5.56 Å². The predicted octanol–water partition coefficient (Wildman–Crippen LogP) is 4.60. The van der Waals surface area contributed by atoms with Crippen molar-refractivity contribution >= 4 is 15.9 Å². The average molecular weight is 297 g/mol. The molecule has 1 aromatic carbocycles. The zero-order valence-corrected chi connectivity index (χ0v) is 12.5. The van der Waals surface area contributed by atoms with Gasteiger partial charge >= 0.3 is 0 Å². The minimum atomic E-state index is 0.532. The zero-order valence-electron chi connectivity index (χ0n) is 10.9. The molecule has 0 radical (unpaired) electrons. The van der Waals surface area contributed by atoms with Gasteiger partial charge in [0.2, 0.25) is 0 Å². The summed E-state index contributed by atoms with van der Waals surface area (Å²) in [5, 5.41) is 0. The van der Waals surface area contributed by atoms with Gasteiger partial charge in [-0.05, 0) is 42.5 Å². The lowest BCUT2D eigenvalue weighted by Crippen LogP contribution is -2.10.